The molecule has 0 spiro atoms. The maximum absolute atomic E-state index is 13.6. The number of halogens is 1. The quantitative estimate of drug-likeness (QED) is 0.572. The number of rotatable bonds is 3. The molecule has 6 nitrogen and oxygen atoms in total. The molecule has 0 bridgehead atoms. The molecule has 1 aromatic carbocycles. The molecule has 4 aromatic rings. The van der Waals surface area contributed by atoms with E-state index in [9.17, 15) is 9.18 Å². The molecule has 30 heavy (non-hydrogen) atoms. The first-order chi connectivity index (χ1) is 14.6. The van der Waals surface area contributed by atoms with Gasteiger partial charge in [0.05, 0.1) is 22.3 Å². The zero-order valence-corrected chi connectivity index (χ0v) is 16.1. The van der Waals surface area contributed by atoms with Crippen LogP contribution in [0.1, 0.15) is 23.2 Å². The second kappa shape index (κ2) is 7.25. The van der Waals surface area contributed by atoms with Crippen LogP contribution in [0.4, 0.5) is 4.39 Å². The molecule has 1 N–H and O–H groups in total. The average Bonchev–Trinajstić information content (AvgIpc) is 3.17. The number of fused-ring (bicyclic) bond motifs is 3. The summed E-state index contributed by atoms with van der Waals surface area (Å²) in [6, 6.07) is 12.9. The summed E-state index contributed by atoms with van der Waals surface area (Å²) in [6.45, 7) is 2.44. The van der Waals surface area contributed by atoms with Crippen LogP contribution in [0.5, 0.6) is 0 Å². The third kappa shape index (κ3) is 3.27. The molecule has 7 heteroatoms. The minimum Gasteiger partial charge on any atom is -0.319 e. The van der Waals surface area contributed by atoms with Gasteiger partial charge in [-0.05, 0) is 41.8 Å². The van der Waals surface area contributed by atoms with E-state index < -0.39 is 5.82 Å². The van der Waals surface area contributed by atoms with E-state index in [0.717, 1.165) is 42.8 Å². The monoisotopic (exact) mass is 399 g/mol. The van der Waals surface area contributed by atoms with Gasteiger partial charge in [-0.2, -0.15) is 5.26 Å². The minimum absolute atomic E-state index is 0.302. The van der Waals surface area contributed by atoms with Crippen LogP contribution in [-0.4, -0.2) is 32.4 Å². The van der Waals surface area contributed by atoms with Gasteiger partial charge in [0.2, 0.25) is 0 Å². The Bertz CT molecular complexity index is 1390. The summed E-state index contributed by atoms with van der Waals surface area (Å²) in [5, 5.41) is 8.90. The van der Waals surface area contributed by atoms with Crippen LogP contribution in [0.25, 0.3) is 22.1 Å². The smallest absolute Gasteiger partial charge is 0.272 e. The van der Waals surface area contributed by atoms with Crippen LogP contribution < -0.4 is 5.56 Å². The zero-order valence-electron chi connectivity index (χ0n) is 16.1. The van der Waals surface area contributed by atoms with Crippen molar-refractivity contribution in [2.75, 3.05) is 13.1 Å². The predicted octanol–water partition coefficient (Wildman–Crippen LogP) is 3.48. The zero-order chi connectivity index (χ0) is 20.7. The highest BCUT2D eigenvalue weighted by Gasteiger charge is 2.15. The normalized spacial score (nSPS) is 14.7. The second-order valence-corrected chi connectivity index (χ2v) is 7.48. The summed E-state index contributed by atoms with van der Waals surface area (Å²) in [6.07, 6.45) is 5.99. The van der Waals surface area contributed by atoms with Crippen LogP contribution in [0.3, 0.4) is 0 Å². The number of nitrogens with one attached hydrogen (secondary N) is 1. The van der Waals surface area contributed by atoms with Crippen molar-refractivity contribution in [1.82, 2.24) is 19.3 Å². The van der Waals surface area contributed by atoms with E-state index in [1.165, 1.54) is 17.8 Å². The molecule has 1 aliphatic heterocycles. The van der Waals surface area contributed by atoms with Crippen LogP contribution in [0.15, 0.2) is 59.7 Å². The van der Waals surface area contributed by atoms with Gasteiger partial charge in [-0.15, -0.1) is 0 Å². The van der Waals surface area contributed by atoms with Crippen molar-refractivity contribution in [3.8, 4) is 6.07 Å². The van der Waals surface area contributed by atoms with Gasteiger partial charge in [0.1, 0.15) is 17.4 Å². The summed E-state index contributed by atoms with van der Waals surface area (Å²) in [4.78, 5) is 21.8. The molecule has 0 unspecified atom stereocenters. The molecule has 148 valence electrons. The fourth-order valence-electron chi connectivity index (χ4n) is 3.98. The first kappa shape index (κ1) is 18.3. The summed E-state index contributed by atoms with van der Waals surface area (Å²) in [5.74, 6) is -0.426. The highest BCUT2D eigenvalue weighted by molar-refractivity contribution is 5.79. The number of aromatic amines is 1. The Balaban J connectivity index is 1.36. The SMILES string of the molecule is N#Cc1ccc(C2=CCN(Cc3ccc4c(c3)[nH]c(=O)c3cc(F)cn34)CC2)nc1. The van der Waals surface area contributed by atoms with Crippen LogP contribution >= 0.6 is 0 Å². The Kier molecular flexibility index (Phi) is 4.42. The van der Waals surface area contributed by atoms with E-state index in [1.807, 2.05) is 24.3 Å². The van der Waals surface area contributed by atoms with Crippen molar-refractivity contribution in [3.63, 3.8) is 0 Å². The number of pyridine rings is 1. The van der Waals surface area contributed by atoms with Gasteiger partial charge in [0.25, 0.3) is 5.56 Å². The lowest BCUT2D eigenvalue weighted by Crippen LogP contribution is -2.28. The molecule has 3 aromatic heterocycles. The highest BCUT2D eigenvalue weighted by Crippen LogP contribution is 2.23. The van der Waals surface area contributed by atoms with Crippen LogP contribution in [-0.2, 0) is 6.54 Å². The molecular weight excluding hydrogens is 381 g/mol. The van der Waals surface area contributed by atoms with Gasteiger partial charge in [0.15, 0.2) is 0 Å². The number of hydrogen-bond acceptors (Lipinski definition) is 4. The summed E-state index contributed by atoms with van der Waals surface area (Å²) in [7, 11) is 0. The molecule has 0 radical (unpaired) electrons. The average molecular weight is 399 g/mol. The Morgan fingerprint density at radius 3 is 2.83 bits per heavy atom. The van der Waals surface area contributed by atoms with Crippen LogP contribution in [0.2, 0.25) is 0 Å². The number of H-pyrrole nitrogens is 1. The van der Waals surface area contributed by atoms with E-state index in [1.54, 1.807) is 16.7 Å². The molecule has 0 fully saturated rings. The van der Waals surface area contributed by atoms with E-state index in [0.29, 0.717) is 16.6 Å². The highest BCUT2D eigenvalue weighted by atomic mass is 19.1. The maximum Gasteiger partial charge on any atom is 0.272 e. The molecule has 0 amide bonds. The number of hydrogen-bond donors (Lipinski definition) is 1. The van der Waals surface area contributed by atoms with Gasteiger partial charge in [-0.1, -0.05) is 12.1 Å². The standard InChI is InChI=1S/C23H18FN5O/c24-18-10-22-23(30)27-20-9-15(2-4-21(20)29(22)14-18)13-28-7-5-17(6-8-28)19-3-1-16(11-25)12-26-19/h1-5,9-10,12,14H,6-8,13H2,(H,27,30). The first-order valence-corrected chi connectivity index (χ1v) is 9.71. The second-order valence-electron chi connectivity index (χ2n) is 7.48. The third-order valence-electron chi connectivity index (χ3n) is 5.51. The number of nitrogens with zero attached hydrogens (tertiary/aromatic N) is 4. The molecule has 0 saturated heterocycles. The summed E-state index contributed by atoms with van der Waals surface area (Å²) < 4.78 is 15.2. The summed E-state index contributed by atoms with van der Waals surface area (Å²) >= 11 is 0. The van der Waals surface area contributed by atoms with Crippen molar-refractivity contribution < 1.29 is 4.39 Å². The summed E-state index contributed by atoms with van der Waals surface area (Å²) in [5.41, 5.74) is 5.21. The van der Waals surface area contributed by atoms with Crippen molar-refractivity contribution in [2.45, 2.75) is 13.0 Å². The van der Waals surface area contributed by atoms with E-state index in [4.69, 9.17) is 5.26 Å². The predicted molar refractivity (Wildman–Crippen MR) is 112 cm³/mol. The van der Waals surface area contributed by atoms with E-state index >= 15 is 0 Å². The lowest BCUT2D eigenvalue weighted by molar-refractivity contribution is 0.294. The van der Waals surface area contributed by atoms with Gasteiger partial charge < -0.3 is 9.38 Å². The topological polar surface area (TPSA) is 77.2 Å². The maximum atomic E-state index is 13.6. The number of aromatic nitrogens is 3. The largest absolute Gasteiger partial charge is 0.319 e. The fraction of sp³-hybridized carbons (Fsp3) is 0.174. The molecule has 0 saturated carbocycles. The first-order valence-electron chi connectivity index (χ1n) is 9.71. The van der Waals surface area contributed by atoms with Gasteiger partial charge in [-0.3, -0.25) is 14.7 Å². The molecule has 4 heterocycles. The van der Waals surface area contributed by atoms with Gasteiger partial charge in [0, 0.05) is 38.1 Å². The van der Waals surface area contributed by atoms with Crippen molar-refractivity contribution in [1.29, 1.82) is 5.26 Å². The molecular formula is C23H18FN5O. The molecule has 5 rings (SSSR count). The van der Waals surface area contributed by atoms with Crippen molar-refractivity contribution in [2.24, 2.45) is 0 Å². The van der Waals surface area contributed by atoms with E-state index in [-0.39, 0.29) is 5.56 Å². The Hall–Kier alpha value is -3.76. The van der Waals surface area contributed by atoms with Crippen LogP contribution in [0, 0.1) is 17.1 Å². The van der Waals surface area contributed by atoms with Gasteiger partial charge in [-0.25, -0.2) is 4.39 Å². The number of nitriles is 1. The minimum atomic E-state index is -0.426. The van der Waals surface area contributed by atoms with E-state index in [2.05, 4.69) is 27.0 Å². The molecule has 0 aliphatic carbocycles. The Labute approximate surface area is 171 Å². The number of benzene rings is 1. The molecule has 0 atom stereocenters. The Morgan fingerprint density at radius 1 is 1.20 bits per heavy atom. The fourth-order valence-corrected chi connectivity index (χ4v) is 3.98. The third-order valence-corrected chi connectivity index (χ3v) is 5.51. The van der Waals surface area contributed by atoms with Gasteiger partial charge >= 0.3 is 0 Å². The van der Waals surface area contributed by atoms with Crippen molar-refractivity contribution in [3.05, 3.63) is 87.9 Å². The van der Waals surface area contributed by atoms with Crippen molar-refractivity contribution >= 4 is 22.1 Å². The molecule has 1 aliphatic rings. The lowest BCUT2D eigenvalue weighted by atomic mass is 10.0. The Morgan fingerprint density at radius 2 is 2.10 bits per heavy atom. The lowest BCUT2D eigenvalue weighted by Gasteiger charge is -2.26.